The minimum atomic E-state index is -0.837. The van der Waals surface area contributed by atoms with Gasteiger partial charge in [-0.15, -0.1) is 0 Å². The highest BCUT2D eigenvalue weighted by Gasteiger charge is 2.10. The second-order valence-electron chi connectivity index (χ2n) is 4.22. The predicted octanol–water partition coefficient (Wildman–Crippen LogP) is 0.322. The molecule has 0 bridgehead atoms. The topological polar surface area (TPSA) is 91.9 Å². The van der Waals surface area contributed by atoms with Crippen molar-refractivity contribution in [2.24, 2.45) is 0 Å². The van der Waals surface area contributed by atoms with Crippen LogP contribution < -0.4 is 4.74 Å². The molecule has 1 aromatic rings. The number of methoxy groups -OCH3 is 1. The lowest BCUT2D eigenvalue weighted by Crippen LogP contribution is -2.27. The Balaban J connectivity index is 2.26. The summed E-state index contributed by atoms with van der Waals surface area (Å²) in [5.74, 6) is 0.425. The number of hydrogen-bond acceptors (Lipinski definition) is 6. The summed E-state index contributed by atoms with van der Waals surface area (Å²) in [6.07, 6.45) is -1.55. The highest BCUT2D eigenvalue weighted by Crippen LogP contribution is 2.16. The minimum Gasteiger partial charge on any atom is -0.489 e. The van der Waals surface area contributed by atoms with Crippen LogP contribution in [0.4, 0.5) is 0 Å². The molecule has 110 valence electrons. The molecule has 0 aliphatic rings. The monoisotopic (exact) mass is 281 g/mol. The Morgan fingerprint density at radius 2 is 1.75 bits per heavy atom. The molecule has 0 spiro atoms. The molecule has 20 heavy (non-hydrogen) atoms. The van der Waals surface area contributed by atoms with Gasteiger partial charge in [-0.3, -0.25) is 0 Å². The molecule has 0 saturated heterocycles. The van der Waals surface area contributed by atoms with E-state index in [2.05, 4.69) is 0 Å². The molecular weight excluding hydrogens is 262 g/mol. The average molecular weight is 281 g/mol. The van der Waals surface area contributed by atoms with Gasteiger partial charge in [-0.2, -0.15) is 5.26 Å². The van der Waals surface area contributed by atoms with Gasteiger partial charge in [0.05, 0.1) is 25.4 Å². The van der Waals surface area contributed by atoms with Crippen molar-refractivity contribution in [1.29, 1.82) is 5.26 Å². The van der Waals surface area contributed by atoms with E-state index in [-0.39, 0.29) is 26.4 Å². The molecule has 0 aliphatic carbocycles. The molecule has 6 heteroatoms. The van der Waals surface area contributed by atoms with Crippen LogP contribution in [0.1, 0.15) is 5.56 Å². The Morgan fingerprint density at radius 1 is 1.10 bits per heavy atom. The largest absolute Gasteiger partial charge is 0.489 e. The fourth-order valence-electron chi connectivity index (χ4n) is 1.50. The Labute approximate surface area is 118 Å². The zero-order chi connectivity index (χ0) is 14.8. The van der Waals surface area contributed by atoms with Gasteiger partial charge < -0.3 is 24.4 Å². The molecule has 0 amide bonds. The zero-order valence-corrected chi connectivity index (χ0v) is 11.4. The van der Waals surface area contributed by atoms with E-state index < -0.39 is 12.2 Å². The fourth-order valence-corrected chi connectivity index (χ4v) is 1.50. The molecule has 6 nitrogen and oxygen atoms in total. The van der Waals surface area contributed by atoms with E-state index in [9.17, 15) is 10.2 Å². The zero-order valence-electron chi connectivity index (χ0n) is 11.4. The van der Waals surface area contributed by atoms with Crippen LogP contribution >= 0.6 is 0 Å². The number of nitrogens with zero attached hydrogens (tertiary/aromatic N) is 1. The maximum absolute atomic E-state index is 9.67. The first-order chi connectivity index (χ1) is 9.67. The molecule has 1 aromatic carbocycles. The van der Waals surface area contributed by atoms with E-state index in [4.69, 9.17) is 19.5 Å². The molecule has 0 heterocycles. The molecule has 2 atom stereocenters. The van der Waals surface area contributed by atoms with Crippen LogP contribution in [0.5, 0.6) is 5.75 Å². The lowest BCUT2D eigenvalue weighted by atomic mass is 10.2. The average Bonchev–Trinajstić information content (AvgIpc) is 2.45. The van der Waals surface area contributed by atoms with Crippen molar-refractivity contribution in [3.05, 3.63) is 29.8 Å². The summed E-state index contributed by atoms with van der Waals surface area (Å²) < 4.78 is 15.2. The summed E-state index contributed by atoms with van der Waals surface area (Å²) in [5.41, 5.74) is 0.413. The molecule has 0 aliphatic heterocycles. The SMILES string of the molecule is COCC(O)COCC(O)COc1ccccc1C#N. The van der Waals surface area contributed by atoms with Gasteiger partial charge in [-0.25, -0.2) is 0 Å². The van der Waals surface area contributed by atoms with Gasteiger partial charge in [0.15, 0.2) is 0 Å². The Morgan fingerprint density at radius 3 is 2.40 bits per heavy atom. The normalized spacial score (nSPS) is 13.5. The molecule has 2 N–H and O–H groups in total. The number of nitriles is 1. The molecule has 2 unspecified atom stereocenters. The third-order valence-electron chi connectivity index (χ3n) is 2.42. The lowest BCUT2D eigenvalue weighted by molar-refractivity contribution is -0.0394. The first-order valence-electron chi connectivity index (χ1n) is 6.22. The first kappa shape index (κ1) is 16.4. The van der Waals surface area contributed by atoms with Crippen LogP contribution in [-0.2, 0) is 9.47 Å². The standard InChI is InChI=1S/C14H19NO5/c1-18-7-12(16)8-19-9-13(17)10-20-14-5-3-2-4-11(14)6-15/h2-5,12-13,16-17H,7-10H2,1H3. The summed E-state index contributed by atoms with van der Waals surface area (Å²) >= 11 is 0. The van der Waals surface area contributed by atoms with Crippen molar-refractivity contribution in [2.45, 2.75) is 12.2 Å². The second kappa shape index (κ2) is 9.28. The van der Waals surface area contributed by atoms with Crippen LogP contribution in [0.2, 0.25) is 0 Å². The number of aliphatic hydroxyl groups excluding tert-OH is 2. The van der Waals surface area contributed by atoms with Gasteiger partial charge in [-0.1, -0.05) is 12.1 Å². The van der Waals surface area contributed by atoms with Gasteiger partial charge in [0.25, 0.3) is 0 Å². The summed E-state index contributed by atoms with van der Waals surface area (Å²) in [6.45, 7) is 0.316. The first-order valence-corrected chi connectivity index (χ1v) is 6.22. The predicted molar refractivity (Wildman–Crippen MR) is 71.4 cm³/mol. The highest BCUT2D eigenvalue weighted by molar-refractivity contribution is 5.42. The summed E-state index contributed by atoms with van der Waals surface area (Å²) in [5, 5.41) is 27.9. The van der Waals surface area contributed by atoms with E-state index in [0.29, 0.717) is 11.3 Å². The van der Waals surface area contributed by atoms with Gasteiger partial charge in [0.2, 0.25) is 0 Å². The maximum Gasteiger partial charge on any atom is 0.137 e. The quantitative estimate of drug-likeness (QED) is 0.677. The van der Waals surface area contributed by atoms with E-state index in [1.54, 1.807) is 24.3 Å². The van der Waals surface area contributed by atoms with Crippen molar-refractivity contribution >= 4 is 0 Å². The van der Waals surface area contributed by atoms with Crippen LogP contribution in [-0.4, -0.2) is 56.0 Å². The number of rotatable bonds is 9. The number of hydrogen-bond donors (Lipinski definition) is 2. The third-order valence-corrected chi connectivity index (χ3v) is 2.42. The highest BCUT2D eigenvalue weighted by atomic mass is 16.5. The van der Waals surface area contributed by atoms with Gasteiger partial charge in [0.1, 0.15) is 30.6 Å². The number of ether oxygens (including phenoxy) is 3. The van der Waals surface area contributed by atoms with Crippen LogP contribution in [0.15, 0.2) is 24.3 Å². The number of para-hydroxylation sites is 1. The fraction of sp³-hybridized carbons (Fsp3) is 0.500. The van der Waals surface area contributed by atoms with E-state index in [0.717, 1.165) is 0 Å². The van der Waals surface area contributed by atoms with E-state index in [1.165, 1.54) is 7.11 Å². The Hall–Kier alpha value is -1.65. The number of aliphatic hydroxyl groups is 2. The van der Waals surface area contributed by atoms with E-state index >= 15 is 0 Å². The lowest BCUT2D eigenvalue weighted by Gasteiger charge is -2.15. The minimum absolute atomic E-state index is 0.0130. The summed E-state index contributed by atoms with van der Waals surface area (Å²) in [6, 6.07) is 8.79. The van der Waals surface area contributed by atoms with E-state index in [1.807, 2.05) is 6.07 Å². The van der Waals surface area contributed by atoms with Crippen LogP contribution in [0.25, 0.3) is 0 Å². The van der Waals surface area contributed by atoms with Crippen LogP contribution in [0, 0.1) is 11.3 Å². The van der Waals surface area contributed by atoms with Gasteiger partial charge >= 0.3 is 0 Å². The Kier molecular flexibility index (Phi) is 7.62. The molecular formula is C14H19NO5. The molecule has 0 radical (unpaired) electrons. The van der Waals surface area contributed by atoms with Crippen molar-refractivity contribution < 1.29 is 24.4 Å². The molecule has 0 fully saturated rings. The molecule has 1 rings (SSSR count). The number of benzene rings is 1. The van der Waals surface area contributed by atoms with Crippen molar-refractivity contribution in [3.8, 4) is 11.8 Å². The molecule has 0 saturated carbocycles. The van der Waals surface area contributed by atoms with Crippen molar-refractivity contribution in [1.82, 2.24) is 0 Å². The second-order valence-corrected chi connectivity index (χ2v) is 4.22. The molecule has 0 aromatic heterocycles. The smallest absolute Gasteiger partial charge is 0.137 e. The maximum atomic E-state index is 9.67. The van der Waals surface area contributed by atoms with Crippen LogP contribution in [0.3, 0.4) is 0 Å². The summed E-state index contributed by atoms with van der Waals surface area (Å²) in [7, 11) is 1.48. The van der Waals surface area contributed by atoms with Crippen molar-refractivity contribution in [2.75, 3.05) is 33.5 Å². The van der Waals surface area contributed by atoms with Gasteiger partial charge in [-0.05, 0) is 12.1 Å². The summed E-state index contributed by atoms with van der Waals surface area (Å²) in [4.78, 5) is 0. The van der Waals surface area contributed by atoms with Gasteiger partial charge in [0, 0.05) is 7.11 Å². The Bertz CT molecular complexity index is 432. The van der Waals surface area contributed by atoms with Crippen molar-refractivity contribution in [3.63, 3.8) is 0 Å². The third kappa shape index (κ3) is 5.99.